The van der Waals surface area contributed by atoms with Crippen LogP contribution in [0.3, 0.4) is 0 Å². The molecule has 2 aromatic heterocycles. The van der Waals surface area contributed by atoms with Crippen LogP contribution in [0.25, 0.3) is 0 Å². The molecule has 7 nitrogen and oxygen atoms in total. The largest absolute Gasteiger partial charge is 0.420 e. The minimum Gasteiger partial charge on any atom is -0.364 e. The minimum absolute atomic E-state index is 0.0227. The molecule has 0 saturated heterocycles. The smallest absolute Gasteiger partial charge is 0.364 e. The van der Waals surface area contributed by atoms with Gasteiger partial charge >= 0.3 is 6.18 Å². The van der Waals surface area contributed by atoms with Crippen LogP contribution in [-0.2, 0) is 12.7 Å². The minimum atomic E-state index is -4.85. The Balaban J connectivity index is 1.65. The SMILES string of the molecule is Cc1nn(CC23CC(C(F)F)(C2)C3)c(C(=O)Nc2ccnc(C(N)=O)c2)c1C(F)(F)F. The van der Waals surface area contributed by atoms with Crippen molar-refractivity contribution in [1.29, 1.82) is 0 Å². The number of nitrogens with one attached hydrogen (secondary N) is 1. The van der Waals surface area contributed by atoms with Crippen molar-refractivity contribution >= 4 is 17.5 Å². The Bertz CT molecular complexity index is 1060. The topological polar surface area (TPSA) is 103 Å². The highest BCUT2D eigenvalue weighted by Gasteiger charge is 2.72. The van der Waals surface area contributed by atoms with Crippen molar-refractivity contribution in [2.24, 2.45) is 16.6 Å². The number of carbonyl (C=O) groups excluding carboxylic acids is 2. The van der Waals surface area contributed by atoms with E-state index in [9.17, 15) is 31.5 Å². The first-order chi connectivity index (χ1) is 14.4. The van der Waals surface area contributed by atoms with Gasteiger partial charge in [0.1, 0.15) is 17.0 Å². The quantitative estimate of drug-likeness (QED) is 0.668. The van der Waals surface area contributed by atoms with Crippen molar-refractivity contribution in [3.05, 3.63) is 41.0 Å². The number of amides is 2. The Morgan fingerprint density at radius 2 is 1.94 bits per heavy atom. The van der Waals surface area contributed by atoms with E-state index in [2.05, 4.69) is 15.4 Å². The van der Waals surface area contributed by atoms with Crippen LogP contribution in [-0.4, -0.2) is 33.0 Å². The van der Waals surface area contributed by atoms with Gasteiger partial charge in [-0.3, -0.25) is 19.3 Å². The lowest BCUT2D eigenvalue weighted by atomic mass is 9.35. The highest BCUT2D eigenvalue weighted by atomic mass is 19.4. The number of alkyl halides is 5. The number of primary amides is 1. The van der Waals surface area contributed by atoms with Gasteiger partial charge in [0, 0.05) is 23.8 Å². The molecule has 0 atom stereocenters. The summed E-state index contributed by atoms with van der Waals surface area (Å²) in [7, 11) is 0. The zero-order valence-electron chi connectivity index (χ0n) is 16.3. The Hall–Kier alpha value is -3.05. The van der Waals surface area contributed by atoms with E-state index in [1.165, 1.54) is 12.3 Å². The summed E-state index contributed by atoms with van der Waals surface area (Å²) >= 11 is 0. The van der Waals surface area contributed by atoms with Gasteiger partial charge in [0.2, 0.25) is 6.43 Å². The summed E-state index contributed by atoms with van der Waals surface area (Å²) in [6.07, 6.45) is -5.60. The molecule has 166 valence electrons. The predicted molar refractivity (Wildman–Crippen MR) is 97.4 cm³/mol. The van der Waals surface area contributed by atoms with Gasteiger partial charge < -0.3 is 11.1 Å². The van der Waals surface area contributed by atoms with E-state index >= 15 is 0 Å². The Labute approximate surface area is 172 Å². The Morgan fingerprint density at radius 1 is 1.29 bits per heavy atom. The molecular weight excluding hydrogens is 425 g/mol. The van der Waals surface area contributed by atoms with Crippen LogP contribution in [0.4, 0.5) is 27.6 Å². The molecule has 2 heterocycles. The van der Waals surface area contributed by atoms with E-state index in [1.54, 1.807) is 0 Å². The molecule has 3 N–H and O–H groups in total. The molecule has 12 heteroatoms. The first-order valence-corrected chi connectivity index (χ1v) is 9.36. The Morgan fingerprint density at radius 3 is 2.48 bits per heavy atom. The number of halogens is 5. The van der Waals surface area contributed by atoms with E-state index in [1.807, 2.05) is 0 Å². The average Bonchev–Trinajstić information content (AvgIpc) is 2.92. The van der Waals surface area contributed by atoms with Crippen molar-refractivity contribution in [1.82, 2.24) is 14.8 Å². The predicted octanol–water partition coefficient (Wildman–Crippen LogP) is 3.39. The fourth-order valence-corrected chi connectivity index (χ4v) is 4.90. The molecule has 31 heavy (non-hydrogen) atoms. The van der Waals surface area contributed by atoms with E-state index in [4.69, 9.17) is 5.73 Å². The van der Waals surface area contributed by atoms with Crippen LogP contribution < -0.4 is 11.1 Å². The summed E-state index contributed by atoms with van der Waals surface area (Å²) in [6.45, 7) is 1.07. The molecule has 3 saturated carbocycles. The third-order valence-corrected chi connectivity index (χ3v) is 6.03. The summed E-state index contributed by atoms with van der Waals surface area (Å²) in [5, 5.41) is 6.22. The maximum Gasteiger partial charge on any atom is 0.420 e. The molecule has 0 aliphatic heterocycles. The van der Waals surface area contributed by atoms with Gasteiger partial charge in [-0.25, -0.2) is 8.78 Å². The molecule has 0 radical (unpaired) electrons. The standard InChI is InChI=1S/C19H18F5N5O2/c1-9-12(19(22,23)24)13(15(31)27-10-2-3-26-11(4-10)14(25)30)29(28-9)8-17-5-18(6-17,7-17)16(20)21/h2-4,16H,5-8H2,1H3,(H2,25,30)(H,26,27,31). The number of aryl methyl sites for hydroxylation is 1. The lowest BCUT2D eigenvalue weighted by Crippen LogP contribution is -2.66. The van der Waals surface area contributed by atoms with Crippen LogP contribution in [0.15, 0.2) is 18.3 Å². The molecule has 3 aliphatic carbocycles. The number of hydrogen-bond donors (Lipinski definition) is 2. The van der Waals surface area contributed by atoms with E-state index in [0.29, 0.717) is 0 Å². The normalized spacial score (nSPS) is 24.5. The van der Waals surface area contributed by atoms with Gasteiger partial charge in [0.05, 0.1) is 5.69 Å². The van der Waals surface area contributed by atoms with Crippen LogP contribution in [0.1, 0.15) is 51.5 Å². The van der Waals surface area contributed by atoms with Crippen LogP contribution in [0, 0.1) is 17.8 Å². The highest BCUT2D eigenvalue weighted by Crippen LogP contribution is 2.76. The van der Waals surface area contributed by atoms with Gasteiger partial charge in [-0.15, -0.1) is 0 Å². The summed E-state index contributed by atoms with van der Waals surface area (Å²) in [4.78, 5) is 27.8. The first-order valence-electron chi connectivity index (χ1n) is 9.36. The number of pyridine rings is 1. The molecule has 2 aromatic rings. The van der Waals surface area contributed by atoms with Crippen molar-refractivity contribution in [2.75, 3.05) is 5.32 Å². The molecule has 5 rings (SSSR count). The molecule has 2 amide bonds. The molecular formula is C19H18F5N5O2. The maximum absolute atomic E-state index is 13.7. The third kappa shape index (κ3) is 3.43. The average molecular weight is 443 g/mol. The zero-order valence-corrected chi connectivity index (χ0v) is 16.3. The number of nitrogens with zero attached hydrogens (tertiary/aromatic N) is 3. The van der Waals surface area contributed by atoms with E-state index in [0.717, 1.165) is 17.7 Å². The van der Waals surface area contributed by atoms with Crippen molar-refractivity contribution in [3.63, 3.8) is 0 Å². The van der Waals surface area contributed by atoms with Crippen LogP contribution in [0.5, 0.6) is 0 Å². The number of aromatic nitrogens is 3. The van der Waals surface area contributed by atoms with Crippen LogP contribution in [0.2, 0.25) is 0 Å². The highest BCUT2D eigenvalue weighted by molar-refractivity contribution is 6.05. The van der Waals surface area contributed by atoms with Crippen molar-refractivity contribution < 1.29 is 31.5 Å². The number of hydrogen-bond acceptors (Lipinski definition) is 4. The van der Waals surface area contributed by atoms with Gasteiger partial charge in [0.25, 0.3) is 11.8 Å². The second kappa shape index (κ2) is 6.72. The molecule has 3 aliphatic rings. The summed E-state index contributed by atoms with van der Waals surface area (Å²) in [5.41, 5.74) is 1.05. The van der Waals surface area contributed by atoms with Crippen molar-refractivity contribution in [2.45, 2.75) is 45.3 Å². The molecule has 2 bridgehead atoms. The Kier molecular flexibility index (Phi) is 4.60. The first kappa shape index (κ1) is 21.2. The zero-order chi connectivity index (χ0) is 22.8. The van der Waals surface area contributed by atoms with Crippen LogP contribution >= 0.6 is 0 Å². The maximum atomic E-state index is 13.7. The lowest BCUT2D eigenvalue weighted by molar-refractivity contribution is -0.273. The molecule has 0 aromatic carbocycles. The van der Waals surface area contributed by atoms with Gasteiger partial charge in [-0.2, -0.15) is 18.3 Å². The number of anilines is 1. The summed E-state index contributed by atoms with van der Waals surface area (Å²) in [5.74, 6) is -1.96. The third-order valence-electron chi connectivity index (χ3n) is 6.03. The van der Waals surface area contributed by atoms with Gasteiger partial charge in [-0.1, -0.05) is 0 Å². The second-order valence-corrected chi connectivity index (χ2v) is 8.41. The van der Waals surface area contributed by atoms with E-state index < -0.39 is 46.5 Å². The molecule has 0 spiro atoms. The number of rotatable bonds is 6. The van der Waals surface area contributed by atoms with Gasteiger partial charge in [0.15, 0.2) is 0 Å². The fourth-order valence-electron chi connectivity index (χ4n) is 4.90. The monoisotopic (exact) mass is 443 g/mol. The number of carbonyl (C=O) groups is 2. The second-order valence-electron chi connectivity index (χ2n) is 8.41. The van der Waals surface area contributed by atoms with Gasteiger partial charge in [-0.05, 0) is 43.7 Å². The van der Waals surface area contributed by atoms with E-state index in [-0.39, 0.29) is 42.9 Å². The van der Waals surface area contributed by atoms with Crippen molar-refractivity contribution in [3.8, 4) is 0 Å². The fraction of sp³-hybridized carbons (Fsp3) is 0.474. The summed E-state index contributed by atoms with van der Waals surface area (Å²) < 4.78 is 68.2. The molecule has 0 unspecified atom stereocenters. The number of nitrogens with two attached hydrogens (primary N) is 1. The summed E-state index contributed by atoms with van der Waals surface area (Å²) in [6, 6.07) is 2.42. The molecule has 3 fully saturated rings. The lowest BCUT2D eigenvalue weighted by Gasteiger charge is -2.70.